The van der Waals surface area contributed by atoms with Gasteiger partial charge in [-0.3, -0.25) is 0 Å². The summed E-state index contributed by atoms with van der Waals surface area (Å²) in [4.78, 5) is 12.6. The molecule has 0 bridgehead atoms. The van der Waals surface area contributed by atoms with Crippen LogP contribution in [0.1, 0.15) is 40.5 Å². The van der Waals surface area contributed by atoms with Gasteiger partial charge in [-0.15, -0.1) is 0 Å². The molecule has 127 valence electrons. The molecule has 0 radical (unpaired) electrons. The maximum atomic E-state index is 12.6. The van der Waals surface area contributed by atoms with Crippen LogP contribution in [-0.2, 0) is 22.2 Å². The summed E-state index contributed by atoms with van der Waals surface area (Å²) in [5.74, 6) is 1.16. The first-order chi connectivity index (χ1) is 11.4. The van der Waals surface area contributed by atoms with E-state index in [1.165, 1.54) is 21.9 Å². The van der Waals surface area contributed by atoms with Gasteiger partial charge in [-0.25, -0.2) is 0 Å². The molecular formula is C20H28NOSiTi. The Bertz CT molecular complexity index is 706. The number of hydrogen-bond acceptors (Lipinski definition) is 1. The van der Waals surface area contributed by atoms with Crippen molar-refractivity contribution < 1.29 is 22.2 Å². The third kappa shape index (κ3) is 3.40. The van der Waals surface area contributed by atoms with E-state index >= 15 is 0 Å². The van der Waals surface area contributed by atoms with Gasteiger partial charge in [0.15, 0.2) is 0 Å². The van der Waals surface area contributed by atoms with Gasteiger partial charge in [0.25, 0.3) is 0 Å². The number of amides is 1. The molecule has 0 aliphatic heterocycles. The Balaban J connectivity index is 1.95. The van der Waals surface area contributed by atoms with Crippen molar-refractivity contribution in [3.63, 3.8) is 0 Å². The van der Waals surface area contributed by atoms with E-state index in [0.717, 1.165) is 12.8 Å². The van der Waals surface area contributed by atoms with Crippen molar-refractivity contribution in [1.29, 1.82) is 0 Å². The molecule has 0 spiro atoms. The third-order valence-corrected chi connectivity index (χ3v) is 18.6. The fourth-order valence-corrected chi connectivity index (χ4v) is 16.6. The van der Waals surface area contributed by atoms with Crippen LogP contribution in [0.5, 0.6) is 0 Å². The SMILES string of the molecule is CC1=C(C)C(C)[C]([Ti]([NH]C(=O)C2CC2)[SiH](C)c2ccccc2)=C1C. The second kappa shape index (κ2) is 7.15. The summed E-state index contributed by atoms with van der Waals surface area (Å²) in [5.41, 5.74) is 4.43. The van der Waals surface area contributed by atoms with E-state index in [4.69, 9.17) is 0 Å². The molecule has 0 saturated heterocycles. The second-order valence-corrected chi connectivity index (χ2v) is 18.4. The predicted octanol–water partition coefficient (Wildman–Crippen LogP) is 3.57. The molecule has 24 heavy (non-hydrogen) atoms. The Hall–Kier alpha value is -0.899. The van der Waals surface area contributed by atoms with Crippen LogP contribution >= 0.6 is 0 Å². The van der Waals surface area contributed by atoms with Gasteiger partial charge in [0.05, 0.1) is 0 Å². The van der Waals surface area contributed by atoms with Crippen LogP contribution in [0.4, 0.5) is 0 Å². The summed E-state index contributed by atoms with van der Waals surface area (Å²) in [6.07, 6.45) is 2.17. The van der Waals surface area contributed by atoms with Gasteiger partial charge in [0.1, 0.15) is 0 Å². The summed E-state index contributed by atoms with van der Waals surface area (Å²) in [5, 5.41) is 1.50. The first-order valence-corrected chi connectivity index (χ1v) is 15.6. The van der Waals surface area contributed by atoms with Crippen molar-refractivity contribution >= 4 is 17.8 Å². The van der Waals surface area contributed by atoms with Gasteiger partial charge in [-0.1, -0.05) is 0 Å². The molecule has 2 unspecified atom stereocenters. The van der Waals surface area contributed by atoms with Gasteiger partial charge >= 0.3 is 154 Å². The molecule has 2 nitrogen and oxygen atoms in total. The van der Waals surface area contributed by atoms with E-state index in [0.29, 0.717) is 17.7 Å². The van der Waals surface area contributed by atoms with Gasteiger partial charge in [-0.2, -0.15) is 0 Å². The van der Waals surface area contributed by atoms with Crippen molar-refractivity contribution in [3.8, 4) is 0 Å². The molecule has 1 saturated carbocycles. The minimum absolute atomic E-state index is 0.303. The molecule has 2 atom stereocenters. The molecule has 1 N–H and O–H groups in total. The molecule has 0 heterocycles. The number of carbonyl (C=O) groups is 1. The number of allylic oxidation sites excluding steroid dienone is 4. The molecule has 4 heteroatoms. The Morgan fingerprint density at radius 3 is 2.25 bits per heavy atom. The number of nitrogens with one attached hydrogen (secondary N) is 1. The van der Waals surface area contributed by atoms with Crippen molar-refractivity contribution in [2.24, 2.45) is 11.8 Å². The quantitative estimate of drug-likeness (QED) is 0.785. The zero-order valence-corrected chi connectivity index (χ0v) is 18.2. The van der Waals surface area contributed by atoms with E-state index in [1.54, 1.807) is 3.88 Å². The average Bonchev–Trinajstić information content (AvgIpc) is 3.41. The molecular weight excluding hydrogens is 346 g/mol. The normalized spacial score (nSPS) is 22.0. The molecule has 1 aromatic carbocycles. The second-order valence-electron chi connectivity index (χ2n) is 7.38. The van der Waals surface area contributed by atoms with Crippen LogP contribution in [0.2, 0.25) is 6.55 Å². The summed E-state index contributed by atoms with van der Waals surface area (Å²) >= 11 is -1.84. The van der Waals surface area contributed by atoms with E-state index in [2.05, 4.69) is 68.4 Å². The van der Waals surface area contributed by atoms with E-state index in [9.17, 15) is 4.79 Å². The van der Waals surface area contributed by atoms with Crippen LogP contribution < -0.4 is 8.99 Å². The minimum atomic E-state index is -1.84. The Morgan fingerprint density at radius 2 is 1.75 bits per heavy atom. The van der Waals surface area contributed by atoms with E-state index < -0.39 is 24.0 Å². The first kappa shape index (κ1) is 17.9. The van der Waals surface area contributed by atoms with Crippen LogP contribution in [0, 0.1) is 11.8 Å². The van der Waals surface area contributed by atoms with Crippen LogP contribution in [0.15, 0.2) is 50.9 Å². The number of benzene rings is 1. The van der Waals surface area contributed by atoms with E-state index in [-0.39, 0.29) is 0 Å². The Morgan fingerprint density at radius 1 is 1.12 bits per heavy atom. The van der Waals surface area contributed by atoms with Crippen LogP contribution in [0.3, 0.4) is 0 Å². The topological polar surface area (TPSA) is 29.1 Å². The third-order valence-electron chi connectivity index (χ3n) is 5.87. The van der Waals surface area contributed by atoms with Gasteiger partial charge in [-0.05, 0) is 0 Å². The van der Waals surface area contributed by atoms with Gasteiger partial charge in [0.2, 0.25) is 0 Å². The van der Waals surface area contributed by atoms with Crippen molar-refractivity contribution in [2.75, 3.05) is 0 Å². The molecule has 1 aromatic rings. The summed E-state index contributed by atoms with van der Waals surface area (Å²) in [6.45, 7) is 10.4. The number of carbonyl (C=O) groups excluding carboxylic acids is 1. The zero-order valence-electron chi connectivity index (χ0n) is 15.4. The molecule has 0 aromatic heterocycles. The Kier molecular flexibility index (Phi) is 5.33. The summed E-state index contributed by atoms with van der Waals surface area (Å²) in [6, 6.07) is 10.9. The fraction of sp³-hybridized carbons (Fsp3) is 0.450. The molecule has 1 amide bonds. The molecule has 2 aliphatic rings. The number of hydrogen-bond donors (Lipinski definition) is 1. The standard InChI is InChI=1S/C9H13.C7H9Si.C4H7NO.Ti/c1-6-5-7(2)9(4)8(6)3;1-8-7-5-3-2-4-6-7;5-4(6)3-1-2-3;/h6H,1-4H3;2-6,8H,1H3;3H,1-2H2,(H2,5,6);/q;;;+1/p-1. The molecule has 3 rings (SSSR count). The summed E-state index contributed by atoms with van der Waals surface area (Å²) in [7, 11) is 0. The first-order valence-electron chi connectivity index (χ1n) is 9.03. The van der Waals surface area contributed by atoms with E-state index in [1.807, 2.05) is 0 Å². The monoisotopic (exact) mass is 374 g/mol. The maximum absolute atomic E-state index is 12.6. The van der Waals surface area contributed by atoms with Crippen molar-refractivity contribution in [2.45, 2.75) is 47.1 Å². The van der Waals surface area contributed by atoms with Crippen LogP contribution in [-0.4, -0.2) is 12.6 Å². The van der Waals surface area contributed by atoms with Crippen molar-refractivity contribution in [3.05, 3.63) is 50.9 Å². The van der Waals surface area contributed by atoms with Gasteiger partial charge < -0.3 is 0 Å². The summed E-state index contributed by atoms with van der Waals surface area (Å²) < 4.78 is 5.25. The average molecular weight is 374 g/mol. The van der Waals surface area contributed by atoms with Crippen LogP contribution in [0.25, 0.3) is 0 Å². The zero-order chi connectivity index (χ0) is 17.4. The fourth-order valence-electron chi connectivity index (χ4n) is 3.70. The van der Waals surface area contributed by atoms with Crippen molar-refractivity contribution in [1.82, 2.24) is 3.80 Å². The van der Waals surface area contributed by atoms with Gasteiger partial charge in [0, 0.05) is 0 Å². The Labute approximate surface area is 153 Å². The molecule has 1 fully saturated rings. The molecule has 2 aliphatic carbocycles. The predicted molar refractivity (Wildman–Crippen MR) is 100 cm³/mol. The number of rotatable bonds is 5.